The van der Waals surface area contributed by atoms with Crippen LogP contribution in [0.3, 0.4) is 0 Å². The number of aliphatic hydroxyl groups is 1. The lowest BCUT2D eigenvalue weighted by atomic mass is 9.35. The number of hydrogen-bond donors (Lipinski definition) is 1. The van der Waals surface area contributed by atoms with Crippen molar-refractivity contribution in [2.75, 3.05) is 0 Å². The summed E-state index contributed by atoms with van der Waals surface area (Å²) in [6, 6.07) is 0. The third kappa shape index (κ3) is 2.54. The van der Waals surface area contributed by atoms with Crippen molar-refractivity contribution in [3.05, 3.63) is 35.5 Å². The molecule has 0 aromatic rings. The molecule has 1 heteroatoms. The lowest BCUT2D eigenvalue weighted by molar-refractivity contribution is -0.111. The molecular formula is C30H46O. The Morgan fingerprint density at radius 3 is 2.39 bits per heavy atom. The van der Waals surface area contributed by atoms with Crippen LogP contribution in [0.15, 0.2) is 35.5 Å². The highest BCUT2D eigenvalue weighted by atomic mass is 16.3. The van der Waals surface area contributed by atoms with Crippen molar-refractivity contribution >= 4 is 0 Å². The fraction of sp³-hybridized carbons (Fsp3) is 0.800. The van der Waals surface area contributed by atoms with Crippen molar-refractivity contribution < 1.29 is 5.11 Å². The lowest BCUT2D eigenvalue weighted by Gasteiger charge is -2.69. The molecule has 31 heavy (non-hydrogen) atoms. The van der Waals surface area contributed by atoms with Crippen LogP contribution in [0.25, 0.3) is 0 Å². The van der Waals surface area contributed by atoms with Crippen LogP contribution in [0.5, 0.6) is 0 Å². The summed E-state index contributed by atoms with van der Waals surface area (Å²) >= 11 is 0. The lowest BCUT2D eigenvalue weighted by Crippen LogP contribution is -2.61. The standard InChI is InChI=1S/C30H46O/c1-19-11-14-27(5)17-18-29(7)21(25(27)20(19)2)9-10-23-28(6)15-13-24(31)26(3,4)22(28)12-16-30(23,29)8/h9,12,20,23-25,31H,1,10-11,13-18H2,2-8H3. The van der Waals surface area contributed by atoms with Crippen molar-refractivity contribution in [3.63, 3.8) is 0 Å². The summed E-state index contributed by atoms with van der Waals surface area (Å²) < 4.78 is 0. The SMILES string of the molecule is C=C1CCC2(C)CCC3(C)C(=CCC4C5(C)CCC(O)C(C)(C)C5=CCC43C)C2C1C. The van der Waals surface area contributed by atoms with Crippen LogP contribution in [0.4, 0.5) is 0 Å². The fourth-order valence-electron chi connectivity index (χ4n) is 9.82. The average molecular weight is 423 g/mol. The normalized spacial score (nSPS) is 53.4. The van der Waals surface area contributed by atoms with Gasteiger partial charge in [0.1, 0.15) is 0 Å². The molecule has 0 heterocycles. The molecule has 0 aliphatic heterocycles. The molecule has 8 atom stereocenters. The molecule has 5 aliphatic carbocycles. The van der Waals surface area contributed by atoms with Crippen molar-refractivity contribution in [1.29, 1.82) is 0 Å². The number of fused-ring (bicyclic) bond motifs is 7. The van der Waals surface area contributed by atoms with E-state index in [1.165, 1.54) is 44.1 Å². The first-order valence-electron chi connectivity index (χ1n) is 13.1. The molecule has 1 N–H and O–H groups in total. The van der Waals surface area contributed by atoms with E-state index in [-0.39, 0.29) is 22.3 Å². The summed E-state index contributed by atoms with van der Waals surface area (Å²) in [4.78, 5) is 0. The molecule has 8 unspecified atom stereocenters. The molecule has 0 aromatic heterocycles. The molecule has 0 radical (unpaired) electrons. The van der Waals surface area contributed by atoms with Crippen molar-refractivity contribution in [2.45, 2.75) is 106 Å². The third-order valence-electron chi connectivity index (χ3n) is 12.3. The molecule has 172 valence electrons. The van der Waals surface area contributed by atoms with E-state index >= 15 is 0 Å². The Labute approximate surface area is 191 Å². The largest absolute Gasteiger partial charge is 0.392 e. The van der Waals surface area contributed by atoms with Gasteiger partial charge in [0, 0.05) is 5.41 Å². The Hall–Kier alpha value is -0.820. The zero-order valence-electron chi connectivity index (χ0n) is 21.3. The smallest absolute Gasteiger partial charge is 0.0628 e. The maximum Gasteiger partial charge on any atom is 0.0628 e. The average Bonchev–Trinajstić information content (AvgIpc) is 2.69. The van der Waals surface area contributed by atoms with Crippen LogP contribution in [0.1, 0.15) is 99.8 Å². The second-order valence-corrected chi connectivity index (χ2v) is 13.8. The molecule has 0 bridgehead atoms. The minimum atomic E-state index is -0.203. The van der Waals surface area contributed by atoms with Gasteiger partial charge in [-0.2, -0.15) is 0 Å². The van der Waals surface area contributed by atoms with Gasteiger partial charge in [-0.15, -0.1) is 0 Å². The van der Waals surface area contributed by atoms with E-state index in [2.05, 4.69) is 67.2 Å². The quantitative estimate of drug-likeness (QED) is 0.394. The maximum absolute atomic E-state index is 10.8. The summed E-state index contributed by atoms with van der Waals surface area (Å²) in [6.07, 6.45) is 14.8. The zero-order chi connectivity index (χ0) is 22.6. The minimum absolute atomic E-state index is 0.0972. The highest BCUT2D eigenvalue weighted by Crippen LogP contribution is 2.74. The van der Waals surface area contributed by atoms with E-state index in [0.717, 1.165) is 12.8 Å². The Kier molecular flexibility index (Phi) is 4.54. The molecule has 1 nitrogen and oxygen atoms in total. The first-order chi connectivity index (χ1) is 14.3. The molecule has 5 aliphatic rings. The number of allylic oxidation sites excluding steroid dienone is 4. The van der Waals surface area contributed by atoms with Crippen molar-refractivity contribution in [2.24, 2.45) is 44.8 Å². The molecule has 5 rings (SSSR count). The first-order valence-corrected chi connectivity index (χ1v) is 13.1. The molecule has 0 saturated heterocycles. The Morgan fingerprint density at radius 2 is 1.68 bits per heavy atom. The number of hydrogen-bond acceptors (Lipinski definition) is 1. The Bertz CT molecular complexity index is 875. The summed E-state index contributed by atoms with van der Waals surface area (Å²) in [7, 11) is 0. The number of rotatable bonds is 0. The second kappa shape index (κ2) is 6.40. The van der Waals surface area contributed by atoms with E-state index < -0.39 is 0 Å². The van der Waals surface area contributed by atoms with Gasteiger partial charge in [0.15, 0.2) is 0 Å². The Morgan fingerprint density at radius 1 is 0.968 bits per heavy atom. The molecular weight excluding hydrogens is 376 g/mol. The molecule has 0 amide bonds. The molecule has 3 saturated carbocycles. The van der Waals surface area contributed by atoms with Crippen molar-refractivity contribution in [3.8, 4) is 0 Å². The fourth-order valence-corrected chi connectivity index (χ4v) is 9.82. The molecule has 3 fully saturated rings. The van der Waals surface area contributed by atoms with Crippen LogP contribution in [0, 0.1) is 44.8 Å². The van der Waals surface area contributed by atoms with E-state index in [1.807, 2.05) is 0 Å². The van der Waals surface area contributed by atoms with Gasteiger partial charge in [-0.25, -0.2) is 0 Å². The second-order valence-electron chi connectivity index (χ2n) is 13.8. The highest BCUT2D eigenvalue weighted by Gasteiger charge is 2.66. The van der Waals surface area contributed by atoms with Crippen molar-refractivity contribution in [1.82, 2.24) is 0 Å². The van der Waals surface area contributed by atoms with Crippen LogP contribution < -0.4 is 0 Å². The van der Waals surface area contributed by atoms with E-state index in [9.17, 15) is 5.11 Å². The number of aliphatic hydroxyl groups excluding tert-OH is 1. The molecule has 0 spiro atoms. The monoisotopic (exact) mass is 422 g/mol. The third-order valence-corrected chi connectivity index (χ3v) is 12.3. The van der Waals surface area contributed by atoms with Gasteiger partial charge < -0.3 is 5.11 Å². The first kappa shape index (κ1) is 22.0. The predicted molar refractivity (Wildman–Crippen MR) is 131 cm³/mol. The van der Waals surface area contributed by atoms with E-state index in [0.29, 0.717) is 28.6 Å². The van der Waals surface area contributed by atoms with Crippen LogP contribution >= 0.6 is 0 Å². The summed E-state index contributed by atoms with van der Waals surface area (Å²) in [6.45, 7) is 22.0. The van der Waals surface area contributed by atoms with E-state index in [1.54, 1.807) is 11.1 Å². The Balaban J connectivity index is 1.62. The van der Waals surface area contributed by atoms with Crippen LogP contribution in [0.2, 0.25) is 0 Å². The maximum atomic E-state index is 10.8. The highest BCUT2D eigenvalue weighted by molar-refractivity contribution is 5.40. The molecule has 0 aromatic carbocycles. The van der Waals surface area contributed by atoms with E-state index in [4.69, 9.17) is 0 Å². The predicted octanol–water partition coefficient (Wildman–Crippen LogP) is 7.87. The zero-order valence-corrected chi connectivity index (χ0v) is 21.3. The van der Waals surface area contributed by atoms with Crippen LogP contribution in [-0.4, -0.2) is 11.2 Å². The van der Waals surface area contributed by atoms with Gasteiger partial charge in [0.2, 0.25) is 0 Å². The van der Waals surface area contributed by atoms with Crippen LogP contribution in [-0.2, 0) is 0 Å². The van der Waals surface area contributed by atoms with Gasteiger partial charge in [0.25, 0.3) is 0 Å². The topological polar surface area (TPSA) is 20.2 Å². The summed E-state index contributed by atoms with van der Waals surface area (Å²) in [5.74, 6) is 1.96. The van der Waals surface area contributed by atoms with Gasteiger partial charge in [0.05, 0.1) is 6.10 Å². The van der Waals surface area contributed by atoms with Gasteiger partial charge >= 0.3 is 0 Å². The van der Waals surface area contributed by atoms with Gasteiger partial charge in [-0.05, 0) is 90.8 Å². The summed E-state index contributed by atoms with van der Waals surface area (Å²) in [5.41, 5.74) is 5.98. The van der Waals surface area contributed by atoms with Gasteiger partial charge in [-0.1, -0.05) is 83.9 Å². The minimum Gasteiger partial charge on any atom is -0.392 e. The van der Waals surface area contributed by atoms with Gasteiger partial charge in [-0.3, -0.25) is 0 Å². The summed E-state index contributed by atoms with van der Waals surface area (Å²) in [5, 5.41) is 10.8.